The Morgan fingerprint density at radius 2 is 1.96 bits per heavy atom. The Labute approximate surface area is 154 Å². The molecule has 27 heavy (non-hydrogen) atoms. The third-order valence-electron chi connectivity index (χ3n) is 4.44. The van der Waals surface area contributed by atoms with E-state index in [2.05, 4.69) is 20.4 Å². The van der Waals surface area contributed by atoms with Crippen LogP contribution in [0.1, 0.15) is 6.23 Å². The van der Waals surface area contributed by atoms with E-state index in [0.717, 1.165) is 5.56 Å². The zero-order valence-corrected chi connectivity index (χ0v) is 14.4. The lowest BCUT2D eigenvalue weighted by Crippen LogP contribution is -2.33. The van der Waals surface area contributed by atoms with E-state index >= 15 is 0 Å². The minimum absolute atomic E-state index is 0.354. The van der Waals surface area contributed by atoms with Gasteiger partial charge in [-0.3, -0.25) is 9.40 Å². The molecule has 142 valence electrons. The van der Waals surface area contributed by atoms with Crippen LogP contribution in [0.25, 0.3) is 22.6 Å². The summed E-state index contributed by atoms with van der Waals surface area (Å²) < 4.78 is 7.10. The van der Waals surface area contributed by atoms with Crippen molar-refractivity contribution in [1.82, 2.24) is 19.5 Å². The minimum Gasteiger partial charge on any atom is -0.394 e. The highest BCUT2D eigenvalue weighted by atomic mass is 16.6. The Hall–Kier alpha value is -2.63. The number of rotatable bonds is 5. The first-order valence-electron chi connectivity index (χ1n) is 8.35. The topological polar surface area (TPSA) is 135 Å². The van der Waals surface area contributed by atoms with Gasteiger partial charge in [0.1, 0.15) is 18.3 Å². The number of imidazole rings is 1. The van der Waals surface area contributed by atoms with Gasteiger partial charge in [0.05, 0.1) is 20.0 Å². The Bertz CT molecular complexity index is 934. The zero-order chi connectivity index (χ0) is 19.0. The normalized spacial score (nSPS) is 25.2. The number of nitrogens with one attached hydrogen (secondary N) is 1. The Morgan fingerprint density at radius 3 is 2.63 bits per heavy atom. The van der Waals surface area contributed by atoms with E-state index in [1.807, 2.05) is 30.3 Å². The molecule has 0 saturated carbocycles. The molecule has 10 nitrogen and oxygen atoms in total. The van der Waals surface area contributed by atoms with Gasteiger partial charge in [0.25, 0.3) is 0 Å². The first-order chi connectivity index (χ1) is 13.1. The van der Waals surface area contributed by atoms with Crippen molar-refractivity contribution in [1.29, 1.82) is 0 Å². The lowest BCUT2D eigenvalue weighted by atomic mass is 10.1. The molecule has 1 aliphatic rings. The highest BCUT2D eigenvalue weighted by molar-refractivity contribution is 5.84. The summed E-state index contributed by atoms with van der Waals surface area (Å²) in [5.41, 5.74) is 4.27. The zero-order valence-electron chi connectivity index (χ0n) is 14.4. The van der Waals surface area contributed by atoms with Crippen LogP contribution in [0.2, 0.25) is 0 Å². The molecule has 3 aromatic rings. The number of nitrogens with zero attached hydrogens (tertiary/aromatic N) is 4. The molecule has 2 aromatic heterocycles. The van der Waals surface area contributed by atoms with Crippen LogP contribution in [0.3, 0.4) is 0 Å². The summed E-state index contributed by atoms with van der Waals surface area (Å²) in [6, 6.07) is 9.36. The fraction of sp³-hybridized carbons (Fsp3) is 0.353. The predicted molar refractivity (Wildman–Crippen MR) is 94.4 cm³/mol. The summed E-state index contributed by atoms with van der Waals surface area (Å²) in [4.78, 5) is 18.3. The molecule has 1 aromatic carbocycles. The summed E-state index contributed by atoms with van der Waals surface area (Å²) in [7, 11) is 1.46. The lowest BCUT2D eigenvalue weighted by molar-refractivity contribution is -0.0511. The van der Waals surface area contributed by atoms with Gasteiger partial charge in [-0.1, -0.05) is 30.3 Å². The number of ether oxygens (including phenoxy) is 1. The number of hydrogen-bond donors (Lipinski definition) is 4. The third kappa shape index (κ3) is 3.03. The predicted octanol–water partition coefficient (Wildman–Crippen LogP) is 0.0781. The number of hydrogen-bond acceptors (Lipinski definition) is 9. The van der Waals surface area contributed by atoms with Gasteiger partial charge < -0.3 is 20.1 Å². The van der Waals surface area contributed by atoms with Crippen molar-refractivity contribution >= 4 is 17.0 Å². The van der Waals surface area contributed by atoms with Crippen molar-refractivity contribution in [2.45, 2.75) is 24.5 Å². The van der Waals surface area contributed by atoms with Gasteiger partial charge in [0.2, 0.25) is 0 Å². The number of anilines is 1. The maximum absolute atomic E-state index is 10.3. The summed E-state index contributed by atoms with van der Waals surface area (Å²) in [6.45, 7) is -0.415. The first kappa shape index (κ1) is 17.8. The van der Waals surface area contributed by atoms with Gasteiger partial charge in [0.15, 0.2) is 29.0 Å². The van der Waals surface area contributed by atoms with Crippen molar-refractivity contribution < 1.29 is 24.9 Å². The fourth-order valence-corrected chi connectivity index (χ4v) is 3.10. The Balaban J connectivity index is 1.84. The molecule has 4 N–H and O–H groups in total. The van der Waals surface area contributed by atoms with Gasteiger partial charge >= 0.3 is 0 Å². The third-order valence-corrected chi connectivity index (χ3v) is 4.44. The average molecular weight is 373 g/mol. The maximum atomic E-state index is 10.3. The van der Waals surface area contributed by atoms with Crippen LogP contribution in [0.15, 0.2) is 36.7 Å². The van der Waals surface area contributed by atoms with E-state index in [0.29, 0.717) is 22.8 Å². The van der Waals surface area contributed by atoms with E-state index in [-0.39, 0.29) is 0 Å². The molecule has 0 bridgehead atoms. The summed E-state index contributed by atoms with van der Waals surface area (Å²) >= 11 is 0. The number of aliphatic hydroxyl groups is 3. The number of aliphatic hydroxyl groups excluding tert-OH is 3. The fourth-order valence-electron chi connectivity index (χ4n) is 3.10. The Morgan fingerprint density at radius 1 is 1.19 bits per heavy atom. The van der Waals surface area contributed by atoms with E-state index in [4.69, 9.17) is 9.57 Å². The second kappa shape index (κ2) is 7.18. The molecule has 0 spiro atoms. The van der Waals surface area contributed by atoms with Crippen LogP contribution in [0, 0.1) is 0 Å². The maximum Gasteiger partial charge on any atom is 0.182 e. The molecule has 10 heteroatoms. The average Bonchev–Trinajstić information content (AvgIpc) is 3.24. The highest BCUT2D eigenvalue weighted by Gasteiger charge is 2.44. The van der Waals surface area contributed by atoms with Crippen LogP contribution in [-0.4, -0.2) is 66.9 Å². The molecule has 3 heterocycles. The Kier molecular flexibility index (Phi) is 4.72. The molecule has 0 amide bonds. The molecule has 1 aliphatic heterocycles. The van der Waals surface area contributed by atoms with Crippen molar-refractivity contribution in [2.75, 3.05) is 19.2 Å². The molecular formula is C17H19N5O5. The second-order valence-electron chi connectivity index (χ2n) is 6.12. The molecule has 4 atom stereocenters. The van der Waals surface area contributed by atoms with Crippen LogP contribution < -0.4 is 5.48 Å². The summed E-state index contributed by atoms with van der Waals surface area (Å²) in [6.07, 6.45) is -2.86. The molecular weight excluding hydrogens is 354 g/mol. The van der Waals surface area contributed by atoms with Gasteiger partial charge in [0, 0.05) is 5.56 Å². The highest BCUT2D eigenvalue weighted by Crippen LogP contribution is 2.33. The van der Waals surface area contributed by atoms with Gasteiger partial charge in [-0.25, -0.2) is 20.4 Å². The minimum atomic E-state index is -1.24. The SMILES string of the molecule is CONc1nc(-c2ccccc2)nc2c1ncn2[C@@H]1O[C@H](CO)[C@@H](O)[C@H]1O. The summed E-state index contributed by atoms with van der Waals surface area (Å²) in [5.74, 6) is 0.781. The quantitative estimate of drug-likeness (QED) is 0.458. The second-order valence-corrected chi connectivity index (χ2v) is 6.12. The largest absolute Gasteiger partial charge is 0.394 e. The van der Waals surface area contributed by atoms with Gasteiger partial charge in [-0.05, 0) is 0 Å². The van der Waals surface area contributed by atoms with Crippen LogP contribution in [-0.2, 0) is 9.57 Å². The van der Waals surface area contributed by atoms with Gasteiger partial charge in [-0.2, -0.15) is 0 Å². The van der Waals surface area contributed by atoms with Crippen LogP contribution in [0.5, 0.6) is 0 Å². The van der Waals surface area contributed by atoms with Crippen molar-refractivity contribution in [3.05, 3.63) is 36.7 Å². The standard InChI is InChI=1S/C17H19N5O5/c1-26-21-15-11-16(20-14(19-15)9-5-3-2-4-6-9)22(8-18-11)17-13(25)12(24)10(7-23)27-17/h2-6,8,10,12-13,17,23-25H,7H2,1H3,(H,19,20,21)/t10-,12-,13-,17-/m1/s1. The van der Waals surface area contributed by atoms with Crippen LogP contribution >= 0.6 is 0 Å². The van der Waals surface area contributed by atoms with Crippen molar-refractivity contribution in [3.8, 4) is 11.4 Å². The molecule has 0 aliphatic carbocycles. The smallest absolute Gasteiger partial charge is 0.182 e. The van der Waals surface area contributed by atoms with Gasteiger partial charge in [-0.15, -0.1) is 0 Å². The lowest BCUT2D eigenvalue weighted by Gasteiger charge is -2.17. The van der Waals surface area contributed by atoms with Crippen LogP contribution in [0.4, 0.5) is 5.82 Å². The number of benzene rings is 1. The molecule has 1 saturated heterocycles. The van der Waals surface area contributed by atoms with E-state index in [1.54, 1.807) is 0 Å². The molecule has 0 unspecified atom stereocenters. The number of fused-ring (bicyclic) bond motifs is 1. The molecule has 0 radical (unpaired) electrons. The van der Waals surface area contributed by atoms with E-state index in [9.17, 15) is 15.3 Å². The monoisotopic (exact) mass is 373 g/mol. The molecule has 1 fully saturated rings. The van der Waals surface area contributed by atoms with Crippen molar-refractivity contribution in [2.24, 2.45) is 0 Å². The first-order valence-corrected chi connectivity index (χ1v) is 8.35. The van der Waals surface area contributed by atoms with E-state index in [1.165, 1.54) is 18.0 Å². The summed E-state index contributed by atoms with van der Waals surface area (Å²) in [5, 5.41) is 29.7. The van der Waals surface area contributed by atoms with Crippen molar-refractivity contribution in [3.63, 3.8) is 0 Å². The molecule has 4 rings (SSSR count). The number of aromatic nitrogens is 4. The van der Waals surface area contributed by atoms with E-state index < -0.39 is 31.1 Å².